The zero-order valence-corrected chi connectivity index (χ0v) is 7.81. The molecular formula is C8H18ClNO. The van der Waals surface area contributed by atoms with Crippen molar-refractivity contribution in [2.75, 3.05) is 0 Å². The Hall–Kier alpha value is 0.210. The first-order valence-corrected chi connectivity index (χ1v) is 4.14. The molecule has 0 unspecified atom stereocenters. The van der Waals surface area contributed by atoms with Gasteiger partial charge >= 0.3 is 0 Å². The maximum Gasteiger partial charge on any atom is 0.0540 e. The monoisotopic (exact) mass is 179 g/mol. The Kier molecular flexibility index (Phi) is 5.06. The molecule has 1 aliphatic carbocycles. The van der Waals surface area contributed by atoms with Crippen LogP contribution in [-0.2, 0) is 0 Å². The molecule has 11 heavy (non-hydrogen) atoms. The quantitative estimate of drug-likeness (QED) is 0.638. The summed E-state index contributed by atoms with van der Waals surface area (Å²) >= 11 is 0. The van der Waals surface area contributed by atoms with Gasteiger partial charge in [-0.25, -0.2) is 0 Å². The predicted molar refractivity (Wildman–Crippen MR) is 48.9 cm³/mol. The van der Waals surface area contributed by atoms with Crippen LogP contribution in [-0.4, -0.2) is 17.3 Å². The average molecular weight is 180 g/mol. The lowest BCUT2D eigenvalue weighted by Crippen LogP contribution is -2.30. The molecule has 0 spiro atoms. The van der Waals surface area contributed by atoms with Crippen LogP contribution in [0.25, 0.3) is 0 Å². The van der Waals surface area contributed by atoms with Crippen LogP contribution in [0.2, 0.25) is 0 Å². The molecular weight excluding hydrogens is 162 g/mol. The molecule has 0 amide bonds. The molecule has 0 bridgehead atoms. The van der Waals surface area contributed by atoms with Gasteiger partial charge in [0.25, 0.3) is 0 Å². The topological polar surface area (TPSA) is 46.2 Å². The number of halogens is 1. The molecule has 0 aromatic rings. The van der Waals surface area contributed by atoms with Crippen LogP contribution in [0.5, 0.6) is 0 Å². The smallest absolute Gasteiger partial charge is 0.0540 e. The summed E-state index contributed by atoms with van der Waals surface area (Å²) in [6, 6.07) is 0.398. The minimum absolute atomic E-state index is 0. The van der Waals surface area contributed by atoms with Crippen LogP contribution in [0.4, 0.5) is 0 Å². The third-order valence-corrected chi connectivity index (χ3v) is 2.50. The Morgan fingerprint density at radius 1 is 1.27 bits per heavy atom. The number of aliphatic hydroxyl groups is 1. The molecule has 68 valence electrons. The molecule has 0 saturated heterocycles. The van der Waals surface area contributed by atoms with Gasteiger partial charge in [0.1, 0.15) is 0 Å². The molecule has 0 heterocycles. The summed E-state index contributed by atoms with van der Waals surface area (Å²) in [6.07, 6.45) is 4.27. The standard InChI is InChI=1S/C8H17NO.ClH/c1-6(10)7-2-4-8(9)5-3-7;/h6-8,10H,2-5,9H2,1H3;1H/t6-,7?,8?;/m1./s1. The fourth-order valence-corrected chi connectivity index (χ4v) is 1.63. The van der Waals surface area contributed by atoms with Crippen LogP contribution in [0.3, 0.4) is 0 Å². The van der Waals surface area contributed by atoms with E-state index in [1.807, 2.05) is 6.92 Å². The van der Waals surface area contributed by atoms with E-state index >= 15 is 0 Å². The van der Waals surface area contributed by atoms with Crippen LogP contribution in [0, 0.1) is 5.92 Å². The van der Waals surface area contributed by atoms with Crippen molar-refractivity contribution in [2.24, 2.45) is 11.7 Å². The minimum atomic E-state index is -0.132. The Labute approximate surface area is 74.6 Å². The van der Waals surface area contributed by atoms with E-state index in [0.717, 1.165) is 25.7 Å². The molecule has 3 N–H and O–H groups in total. The lowest BCUT2D eigenvalue weighted by molar-refractivity contribution is 0.0972. The maximum atomic E-state index is 9.22. The van der Waals surface area contributed by atoms with E-state index in [1.54, 1.807) is 0 Å². The van der Waals surface area contributed by atoms with E-state index in [9.17, 15) is 5.11 Å². The lowest BCUT2D eigenvalue weighted by atomic mass is 9.84. The largest absolute Gasteiger partial charge is 0.393 e. The number of hydrogen-bond donors (Lipinski definition) is 2. The summed E-state index contributed by atoms with van der Waals surface area (Å²) in [5.41, 5.74) is 5.72. The van der Waals surface area contributed by atoms with E-state index in [2.05, 4.69) is 0 Å². The Balaban J connectivity index is 0.000001000. The van der Waals surface area contributed by atoms with E-state index < -0.39 is 0 Å². The zero-order valence-electron chi connectivity index (χ0n) is 6.99. The summed E-state index contributed by atoms with van der Waals surface area (Å²) in [6.45, 7) is 1.88. The summed E-state index contributed by atoms with van der Waals surface area (Å²) < 4.78 is 0. The van der Waals surface area contributed by atoms with Gasteiger partial charge in [-0.1, -0.05) is 0 Å². The SMILES string of the molecule is C[C@@H](O)C1CCC(N)CC1.Cl. The van der Waals surface area contributed by atoms with Crippen molar-refractivity contribution in [3.8, 4) is 0 Å². The van der Waals surface area contributed by atoms with E-state index in [0.29, 0.717) is 12.0 Å². The van der Waals surface area contributed by atoms with Crippen molar-refractivity contribution < 1.29 is 5.11 Å². The van der Waals surface area contributed by atoms with Gasteiger partial charge in [0, 0.05) is 6.04 Å². The first kappa shape index (κ1) is 11.2. The van der Waals surface area contributed by atoms with Crippen molar-refractivity contribution in [2.45, 2.75) is 44.8 Å². The molecule has 1 fully saturated rings. The molecule has 0 aromatic heterocycles. The molecule has 0 aliphatic heterocycles. The van der Waals surface area contributed by atoms with E-state index in [1.165, 1.54) is 0 Å². The molecule has 2 nitrogen and oxygen atoms in total. The summed E-state index contributed by atoms with van der Waals surface area (Å²) in [5.74, 6) is 0.514. The summed E-state index contributed by atoms with van der Waals surface area (Å²) in [4.78, 5) is 0. The van der Waals surface area contributed by atoms with Crippen LogP contribution in [0.1, 0.15) is 32.6 Å². The molecule has 0 aromatic carbocycles. The van der Waals surface area contributed by atoms with Crippen molar-refractivity contribution in [3.05, 3.63) is 0 Å². The first-order valence-electron chi connectivity index (χ1n) is 4.14. The highest BCUT2D eigenvalue weighted by Crippen LogP contribution is 2.25. The molecule has 1 rings (SSSR count). The highest BCUT2D eigenvalue weighted by molar-refractivity contribution is 5.85. The van der Waals surface area contributed by atoms with E-state index in [-0.39, 0.29) is 18.5 Å². The van der Waals surface area contributed by atoms with Gasteiger partial charge in [-0.15, -0.1) is 12.4 Å². The minimum Gasteiger partial charge on any atom is -0.393 e. The molecule has 1 aliphatic rings. The molecule has 3 heteroatoms. The van der Waals surface area contributed by atoms with Crippen molar-refractivity contribution in [1.29, 1.82) is 0 Å². The second kappa shape index (κ2) is 4.96. The highest BCUT2D eigenvalue weighted by atomic mass is 35.5. The van der Waals surface area contributed by atoms with Gasteiger partial charge < -0.3 is 10.8 Å². The van der Waals surface area contributed by atoms with Crippen LogP contribution < -0.4 is 5.73 Å². The Bertz CT molecular complexity index is 100. The fraction of sp³-hybridized carbons (Fsp3) is 1.00. The van der Waals surface area contributed by atoms with Crippen molar-refractivity contribution in [1.82, 2.24) is 0 Å². The number of nitrogens with two attached hydrogens (primary N) is 1. The second-order valence-electron chi connectivity index (χ2n) is 3.42. The van der Waals surface area contributed by atoms with Gasteiger partial charge in [-0.3, -0.25) is 0 Å². The molecule has 0 radical (unpaired) electrons. The Morgan fingerprint density at radius 3 is 2.09 bits per heavy atom. The average Bonchev–Trinajstić information content (AvgIpc) is 1.88. The van der Waals surface area contributed by atoms with Crippen molar-refractivity contribution in [3.63, 3.8) is 0 Å². The van der Waals surface area contributed by atoms with Crippen LogP contribution >= 0.6 is 12.4 Å². The molecule has 1 saturated carbocycles. The number of hydrogen-bond acceptors (Lipinski definition) is 2. The fourth-order valence-electron chi connectivity index (χ4n) is 1.63. The van der Waals surface area contributed by atoms with Gasteiger partial charge in [-0.2, -0.15) is 0 Å². The van der Waals surface area contributed by atoms with Crippen molar-refractivity contribution >= 4 is 12.4 Å². The number of rotatable bonds is 1. The van der Waals surface area contributed by atoms with Gasteiger partial charge in [0.15, 0.2) is 0 Å². The third-order valence-electron chi connectivity index (χ3n) is 2.50. The van der Waals surface area contributed by atoms with Gasteiger partial charge in [-0.05, 0) is 38.5 Å². The molecule has 1 atom stereocenters. The predicted octanol–water partition coefficient (Wildman–Crippen LogP) is 1.31. The van der Waals surface area contributed by atoms with E-state index in [4.69, 9.17) is 5.73 Å². The first-order chi connectivity index (χ1) is 4.70. The normalized spacial score (nSPS) is 34.1. The lowest BCUT2D eigenvalue weighted by Gasteiger charge is -2.27. The van der Waals surface area contributed by atoms with Gasteiger partial charge in [0.2, 0.25) is 0 Å². The maximum absolute atomic E-state index is 9.22. The third kappa shape index (κ3) is 3.41. The second-order valence-corrected chi connectivity index (χ2v) is 3.42. The highest BCUT2D eigenvalue weighted by Gasteiger charge is 2.21. The number of aliphatic hydroxyl groups excluding tert-OH is 1. The van der Waals surface area contributed by atoms with Gasteiger partial charge in [0.05, 0.1) is 6.10 Å². The van der Waals surface area contributed by atoms with Crippen LogP contribution in [0.15, 0.2) is 0 Å². The summed E-state index contributed by atoms with van der Waals surface area (Å²) in [5, 5.41) is 9.22. The Morgan fingerprint density at radius 2 is 1.73 bits per heavy atom. The zero-order chi connectivity index (χ0) is 7.56. The summed E-state index contributed by atoms with van der Waals surface area (Å²) in [7, 11) is 0.